The molecule has 0 aliphatic carbocycles. The number of hydrogen-bond acceptors (Lipinski definition) is 6. The molecule has 1 aliphatic rings. The maximum absolute atomic E-state index is 15.3. The zero-order chi connectivity index (χ0) is 35.2. The molecular formula is C36H38ClF3N4O4S. The molecule has 8 nitrogen and oxygen atoms in total. The van der Waals surface area contributed by atoms with E-state index in [0.29, 0.717) is 55.5 Å². The van der Waals surface area contributed by atoms with Crippen LogP contribution in [0.15, 0.2) is 102 Å². The van der Waals surface area contributed by atoms with Crippen LogP contribution in [-0.2, 0) is 21.2 Å². The standard InChI is InChI=1S/C36H38ClF3N4O4S/c1-36(39,40)48-28-10-5-8-25(22-28)33(24-16-18-26(37)19-17-24)34(41)35(45)43-32-15-7-14-31(38)30(32)13-6-9-27-23-42-20-21-44(27)49(46,47)29-11-3-2-4-12-29/h2-5,7-8,10-12,14-19,22,27,33-34,42H,6,9,13,20-21,23,41H2,1H3,(H,43,45)/t27-,33-,34-/m0/s1. The van der Waals surface area contributed by atoms with Crippen molar-refractivity contribution in [2.75, 3.05) is 25.0 Å². The Morgan fingerprint density at radius 3 is 2.47 bits per heavy atom. The van der Waals surface area contributed by atoms with Gasteiger partial charge >= 0.3 is 6.11 Å². The van der Waals surface area contributed by atoms with Crippen molar-refractivity contribution in [3.63, 3.8) is 0 Å². The van der Waals surface area contributed by atoms with Gasteiger partial charge in [-0.3, -0.25) is 4.79 Å². The van der Waals surface area contributed by atoms with Crippen molar-refractivity contribution < 1.29 is 31.1 Å². The van der Waals surface area contributed by atoms with Crippen molar-refractivity contribution in [1.29, 1.82) is 0 Å². The molecule has 0 saturated carbocycles. The molecule has 49 heavy (non-hydrogen) atoms. The number of halogens is 4. The molecule has 4 aromatic carbocycles. The Bertz CT molecular complexity index is 1840. The smallest absolute Gasteiger partial charge is 0.394 e. The number of rotatable bonds is 13. The predicted octanol–water partition coefficient (Wildman–Crippen LogP) is 6.55. The number of sulfonamides is 1. The third kappa shape index (κ3) is 9.20. The third-order valence-electron chi connectivity index (χ3n) is 8.39. The van der Waals surface area contributed by atoms with E-state index in [1.54, 1.807) is 66.7 Å². The van der Waals surface area contributed by atoms with E-state index in [9.17, 15) is 22.0 Å². The molecule has 13 heteroatoms. The summed E-state index contributed by atoms with van der Waals surface area (Å²) in [6, 6.07) is 23.6. The quantitative estimate of drug-likeness (QED) is 0.145. The first-order valence-electron chi connectivity index (χ1n) is 15.9. The summed E-state index contributed by atoms with van der Waals surface area (Å²) in [5.74, 6) is -2.07. The Balaban J connectivity index is 1.33. The Kier molecular flexibility index (Phi) is 11.7. The molecule has 0 radical (unpaired) electrons. The van der Waals surface area contributed by atoms with Gasteiger partial charge in [0, 0.05) is 54.8 Å². The molecule has 0 aromatic heterocycles. The Morgan fingerprint density at radius 1 is 1.04 bits per heavy atom. The minimum Gasteiger partial charge on any atom is -0.433 e. The van der Waals surface area contributed by atoms with Crippen LogP contribution in [-0.4, -0.2) is 56.5 Å². The number of hydrogen-bond donors (Lipinski definition) is 3. The average Bonchev–Trinajstić information content (AvgIpc) is 3.07. The summed E-state index contributed by atoms with van der Waals surface area (Å²) in [6.45, 7) is 1.91. The zero-order valence-electron chi connectivity index (χ0n) is 26.8. The lowest BCUT2D eigenvalue weighted by Crippen LogP contribution is -2.53. The van der Waals surface area contributed by atoms with E-state index >= 15 is 4.39 Å². The first-order valence-corrected chi connectivity index (χ1v) is 17.7. The topological polar surface area (TPSA) is 114 Å². The molecule has 4 aromatic rings. The molecular weight excluding hydrogens is 677 g/mol. The third-order valence-corrected chi connectivity index (χ3v) is 10.6. The molecule has 1 amide bonds. The van der Waals surface area contributed by atoms with Gasteiger partial charge in [-0.1, -0.05) is 60.1 Å². The second-order valence-corrected chi connectivity index (χ2v) is 14.3. The fourth-order valence-corrected chi connectivity index (χ4v) is 7.90. The zero-order valence-corrected chi connectivity index (χ0v) is 28.4. The van der Waals surface area contributed by atoms with Gasteiger partial charge in [-0.05, 0) is 78.9 Å². The monoisotopic (exact) mass is 714 g/mol. The molecule has 0 spiro atoms. The molecule has 1 heterocycles. The fraction of sp³-hybridized carbons (Fsp3) is 0.306. The van der Waals surface area contributed by atoms with Crippen LogP contribution in [0.5, 0.6) is 5.75 Å². The number of nitrogens with two attached hydrogens (primary N) is 1. The van der Waals surface area contributed by atoms with Crippen molar-refractivity contribution >= 4 is 33.2 Å². The summed E-state index contributed by atoms with van der Waals surface area (Å²) in [5.41, 5.74) is 8.12. The summed E-state index contributed by atoms with van der Waals surface area (Å²) in [5, 5.41) is 6.48. The maximum Gasteiger partial charge on any atom is 0.394 e. The van der Waals surface area contributed by atoms with Crippen molar-refractivity contribution in [1.82, 2.24) is 9.62 Å². The van der Waals surface area contributed by atoms with Crippen LogP contribution in [0.1, 0.15) is 42.4 Å². The van der Waals surface area contributed by atoms with Crippen molar-refractivity contribution in [3.05, 3.63) is 125 Å². The van der Waals surface area contributed by atoms with E-state index in [1.807, 2.05) is 0 Å². The van der Waals surface area contributed by atoms with E-state index in [0.717, 1.165) is 0 Å². The number of anilines is 1. The number of carbonyl (C=O) groups is 1. The summed E-state index contributed by atoms with van der Waals surface area (Å²) in [6.07, 6.45) is -2.32. The van der Waals surface area contributed by atoms with E-state index in [1.165, 1.54) is 34.6 Å². The number of piperazine rings is 1. The summed E-state index contributed by atoms with van der Waals surface area (Å²) >= 11 is 6.11. The average molecular weight is 715 g/mol. The van der Waals surface area contributed by atoms with E-state index in [-0.39, 0.29) is 34.4 Å². The lowest BCUT2D eigenvalue weighted by molar-refractivity contribution is -0.159. The highest BCUT2D eigenvalue weighted by molar-refractivity contribution is 7.89. The predicted molar refractivity (Wildman–Crippen MR) is 184 cm³/mol. The minimum absolute atomic E-state index is 0.104. The van der Waals surface area contributed by atoms with Gasteiger partial charge in [0.1, 0.15) is 11.6 Å². The molecule has 260 valence electrons. The van der Waals surface area contributed by atoms with Gasteiger partial charge in [0.25, 0.3) is 0 Å². The van der Waals surface area contributed by atoms with Gasteiger partial charge in [-0.2, -0.15) is 13.1 Å². The number of amides is 1. The van der Waals surface area contributed by atoms with Crippen LogP contribution in [0, 0.1) is 5.82 Å². The van der Waals surface area contributed by atoms with Crippen LogP contribution in [0.2, 0.25) is 5.02 Å². The second kappa shape index (κ2) is 15.7. The Hall–Kier alpha value is -3.94. The van der Waals surface area contributed by atoms with Crippen molar-refractivity contribution in [2.45, 2.75) is 55.2 Å². The van der Waals surface area contributed by atoms with Crippen molar-refractivity contribution in [3.8, 4) is 5.75 Å². The first kappa shape index (κ1) is 36.3. The summed E-state index contributed by atoms with van der Waals surface area (Å²) in [4.78, 5) is 14.0. The number of nitrogens with one attached hydrogen (secondary N) is 2. The molecule has 3 atom stereocenters. The van der Waals surface area contributed by atoms with E-state index < -0.39 is 39.8 Å². The number of alkyl halides is 2. The van der Waals surface area contributed by atoms with Crippen LogP contribution < -0.4 is 21.1 Å². The van der Waals surface area contributed by atoms with Crippen molar-refractivity contribution in [2.24, 2.45) is 5.73 Å². The SMILES string of the molecule is CC(F)(F)Oc1cccc([C@H](c2ccc(Cl)cc2)[C@H](N)C(=O)Nc2cccc(F)c2CCC[C@H]2CNCCN2S(=O)(=O)c2ccccc2)c1. The number of benzene rings is 4. The molecule has 4 N–H and O–H groups in total. The van der Waals surface area contributed by atoms with Crippen LogP contribution in [0.25, 0.3) is 0 Å². The second-order valence-electron chi connectivity index (χ2n) is 12.0. The maximum atomic E-state index is 15.3. The normalized spacial score (nSPS) is 16.9. The highest BCUT2D eigenvalue weighted by Gasteiger charge is 2.34. The van der Waals surface area contributed by atoms with E-state index in [2.05, 4.69) is 10.6 Å². The fourth-order valence-electron chi connectivity index (χ4n) is 6.10. The number of ether oxygens (including phenoxy) is 1. The number of carbonyl (C=O) groups excluding carboxylic acids is 1. The van der Waals surface area contributed by atoms with Crippen LogP contribution >= 0.6 is 11.6 Å². The lowest BCUT2D eigenvalue weighted by atomic mass is 9.84. The molecule has 1 saturated heterocycles. The largest absolute Gasteiger partial charge is 0.433 e. The molecule has 0 bridgehead atoms. The van der Waals surface area contributed by atoms with Gasteiger partial charge in [-0.15, -0.1) is 0 Å². The van der Waals surface area contributed by atoms with Gasteiger partial charge in [0.15, 0.2) is 0 Å². The summed E-state index contributed by atoms with van der Waals surface area (Å²) < 4.78 is 75.7. The molecule has 1 aliphatic heterocycles. The first-order chi connectivity index (χ1) is 23.3. The summed E-state index contributed by atoms with van der Waals surface area (Å²) in [7, 11) is -3.72. The highest BCUT2D eigenvalue weighted by Crippen LogP contribution is 2.33. The molecule has 5 rings (SSSR count). The lowest BCUT2D eigenvalue weighted by Gasteiger charge is -2.35. The Labute approximate surface area is 289 Å². The minimum atomic E-state index is -3.72. The Morgan fingerprint density at radius 2 is 1.76 bits per heavy atom. The number of nitrogens with zero attached hydrogens (tertiary/aromatic N) is 1. The molecule has 0 unspecified atom stereocenters. The van der Waals surface area contributed by atoms with Gasteiger partial charge in [0.05, 0.1) is 10.9 Å². The van der Waals surface area contributed by atoms with Crippen LogP contribution in [0.4, 0.5) is 18.9 Å². The van der Waals surface area contributed by atoms with Crippen LogP contribution in [0.3, 0.4) is 0 Å². The highest BCUT2D eigenvalue weighted by atomic mass is 35.5. The van der Waals surface area contributed by atoms with Gasteiger partial charge < -0.3 is 21.1 Å². The molecule has 1 fully saturated rings. The van der Waals surface area contributed by atoms with E-state index in [4.69, 9.17) is 22.1 Å². The van der Waals surface area contributed by atoms with Gasteiger partial charge in [-0.25, -0.2) is 12.8 Å². The van der Waals surface area contributed by atoms with Gasteiger partial charge in [0.2, 0.25) is 15.9 Å².